The molecule has 0 spiro atoms. The fourth-order valence-electron chi connectivity index (χ4n) is 2.65. The number of carbonyl (C=O) groups excluding carboxylic acids is 1. The summed E-state index contributed by atoms with van der Waals surface area (Å²) in [5.74, 6) is 0.848. The lowest BCUT2D eigenvalue weighted by molar-refractivity contribution is 0.0907. The van der Waals surface area contributed by atoms with Crippen molar-refractivity contribution in [2.75, 3.05) is 0 Å². The van der Waals surface area contributed by atoms with Crippen LogP contribution in [0.2, 0.25) is 0 Å². The van der Waals surface area contributed by atoms with Crippen LogP contribution in [0.15, 0.2) is 18.2 Å². The van der Waals surface area contributed by atoms with Gasteiger partial charge in [0.05, 0.1) is 5.56 Å². The summed E-state index contributed by atoms with van der Waals surface area (Å²) in [5.41, 5.74) is 0.131. The normalized spacial score (nSPS) is 26.9. The minimum absolute atomic E-state index is 0.0198. The van der Waals surface area contributed by atoms with Gasteiger partial charge in [0, 0.05) is 6.04 Å². The van der Waals surface area contributed by atoms with Crippen LogP contribution >= 0.6 is 0 Å². The molecule has 0 saturated heterocycles. The van der Waals surface area contributed by atoms with Crippen molar-refractivity contribution in [3.05, 3.63) is 23.8 Å². The number of phenols is 2. The molecular formula is C15H21NO3. The van der Waals surface area contributed by atoms with E-state index >= 15 is 0 Å². The number of hydrogen-bond donors (Lipinski definition) is 3. The van der Waals surface area contributed by atoms with Crippen LogP contribution in [0.1, 0.15) is 43.5 Å². The zero-order valence-electron chi connectivity index (χ0n) is 11.4. The molecule has 3 N–H and O–H groups in total. The average molecular weight is 263 g/mol. The first kappa shape index (κ1) is 13.7. The average Bonchev–Trinajstić information content (AvgIpc) is 2.36. The molecule has 3 atom stereocenters. The summed E-state index contributed by atoms with van der Waals surface area (Å²) in [6, 6.07) is 4.13. The summed E-state index contributed by atoms with van der Waals surface area (Å²) in [6.07, 6.45) is 3.04. The van der Waals surface area contributed by atoms with Gasteiger partial charge in [-0.1, -0.05) is 13.8 Å². The maximum atomic E-state index is 12.1. The van der Waals surface area contributed by atoms with Crippen LogP contribution in [0.5, 0.6) is 11.5 Å². The number of rotatable bonds is 2. The summed E-state index contributed by atoms with van der Waals surface area (Å²) < 4.78 is 0. The van der Waals surface area contributed by atoms with Crippen LogP contribution in [0, 0.1) is 11.8 Å². The molecule has 4 nitrogen and oxygen atoms in total. The predicted octanol–water partition coefficient (Wildman–Crippen LogP) is 2.65. The highest BCUT2D eigenvalue weighted by Crippen LogP contribution is 2.30. The van der Waals surface area contributed by atoms with E-state index in [1.807, 2.05) is 0 Å². The molecular weight excluding hydrogens is 242 g/mol. The molecule has 2 rings (SSSR count). The molecule has 104 valence electrons. The van der Waals surface area contributed by atoms with Crippen molar-refractivity contribution in [2.24, 2.45) is 11.8 Å². The van der Waals surface area contributed by atoms with Crippen LogP contribution < -0.4 is 5.32 Å². The van der Waals surface area contributed by atoms with Crippen molar-refractivity contribution >= 4 is 5.91 Å². The molecule has 1 saturated carbocycles. The minimum Gasteiger partial charge on any atom is -0.508 e. The SMILES string of the molecule is CC1CCC(NC(=O)c2cc(O)ccc2O)CC1C. The van der Waals surface area contributed by atoms with E-state index in [9.17, 15) is 15.0 Å². The van der Waals surface area contributed by atoms with Gasteiger partial charge in [0.2, 0.25) is 0 Å². The van der Waals surface area contributed by atoms with Crippen molar-refractivity contribution in [1.82, 2.24) is 5.32 Å². The fraction of sp³-hybridized carbons (Fsp3) is 0.533. The highest BCUT2D eigenvalue weighted by molar-refractivity contribution is 5.97. The Morgan fingerprint density at radius 3 is 2.63 bits per heavy atom. The Morgan fingerprint density at radius 2 is 1.95 bits per heavy atom. The Kier molecular flexibility index (Phi) is 3.98. The Morgan fingerprint density at radius 1 is 1.21 bits per heavy atom. The summed E-state index contributed by atoms with van der Waals surface area (Å²) in [5, 5.41) is 22.0. The molecule has 1 fully saturated rings. The zero-order valence-corrected chi connectivity index (χ0v) is 11.4. The molecule has 0 heterocycles. The van der Waals surface area contributed by atoms with E-state index in [0.717, 1.165) is 19.3 Å². The third-order valence-electron chi connectivity index (χ3n) is 4.16. The van der Waals surface area contributed by atoms with Crippen LogP contribution in [-0.2, 0) is 0 Å². The molecule has 1 amide bonds. The first-order valence-corrected chi connectivity index (χ1v) is 6.80. The van der Waals surface area contributed by atoms with Gasteiger partial charge < -0.3 is 15.5 Å². The number of phenolic OH excluding ortho intramolecular Hbond substituents is 2. The van der Waals surface area contributed by atoms with Crippen molar-refractivity contribution in [2.45, 2.75) is 39.2 Å². The third kappa shape index (κ3) is 3.19. The lowest BCUT2D eigenvalue weighted by atomic mass is 9.79. The van der Waals surface area contributed by atoms with Crippen molar-refractivity contribution in [3.63, 3.8) is 0 Å². The number of amides is 1. The van der Waals surface area contributed by atoms with Gasteiger partial charge in [0.15, 0.2) is 0 Å². The highest BCUT2D eigenvalue weighted by Gasteiger charge is 2.26. The summed E-state index contributed by atoms with van der Waals surface area (Å²) in [7, 11) is 0. The van der Waals surface area contributed by atoms with Gasteiger partial charge in [-0.15, -0.1) is 0 Å². The zero-order chi connectivity index (χ0) is 14.0. The van der Waals surface area contributed by atoms with Crippen LogP contribution in [0.4, 0.5) is 0 Å². The number of nitrogens with one attached hydrogen (secondary N) is 1. The van der Waals surface area contributed by atoms with E-state index in [1.165, 1.54) is 18.2 Å². The Hall–Kier alpha value is -1.71. The van der Waals surface area contributed by atoms with E-state index in [2.05, 4.69) is 19.2 Å². The van der Waals surface area contributed by atoms with Crippen LogP contribution in [-0.4, -0.2) is 22.2 Å². The topological polar surface area (TPSA) is 69.6 Å². The molecule has 0 aromatic heterocycles. The standard InChI is InChI=1S/C15H21NO3/c1-9-3-4-11(7-10(9)2)16-15(19)13-8-12(17)5-6-14(13)18/h5-6,8-11,17-18H,3-4,7H2,1-2H3,(H,16,19). The Balaban J connectivity index is 2.03. The highest BCUT2D eigenvalue weighted by atomic mass is 16.3. The second-order valence-electron chi connectivity index (χ2n) is 5.64. The molecule has 1 aliphatic rings. The number of benzene rings is 1. The number of aromatic hydroxyl groups is 2. The second kappa shape index (κ2) is 5.51. The molecule has 0 radical (unpaired) electrons. The molecule has 1 aromatic rings. The summed E-state index contributed by atoms with van der Waals surface area (Å²) in [4.78, 5) is 12.1. The van der Waals surface area contributed by atoms with Crippen molar-refractivity contribution < 1.29 is 15.0 Å². The van der Waals surface area contributed by atoms with Crippen molar-refractivity contribution in [3.8, 4) is 11.5 Å². The van der Waals surface area contributed by atoms with Gasteiger partial charge >= 0.3 is 0 Å². The maximum absolute atomic E-state index is 12.1. The fourth-order valence-corrected chi connectivity index (χ4v) is 2.65. The minimum atomic E-state index is -0.319. The lowest BCUT2D eigenvalue weighted by Crippen LogP contribution is -2.39. The van der Waals surface area contributed by atoms with E-state index in [0.29, 0.717) is 11.8 Å². The maximum Gasteiger partial charge on any atom is 0.255 e. The monoisotopic (exact) mass is 263 g/mol. The van der Waals surface area contributed by atoms with E-state index in [1.54, 1.807) is 0 Å². The van der Waals surface area contributed by atoms with Crippen molar-refractivity contribution in [1.29, 1.82) is 0 Å². The van der Waals surface area contributed by atoms with Gasteiger partial charge in [-0.25, -0.2) is 0 Å². The van der Waals surface area contributed by atoms with E-state index in [4.69, 9.17) is 0 Å². The quantitative estimate of drug-likeness (QED) is 0.718. The summed E-state index contributed by atoms with van der Waals surface area (Å²) >= 11 is 0. The van der Waals surface area contributed by atoms with Gasteiger partial charge in [-0.3, -0.25) is 4.79 Å². The molecule has 1 aliphatic carbocycles. The number of carbonyl (C=O) groups is 1. The second-order valence-corrected chi connectivity index (χ2v) is 5.64. The molecule has 19 heavy (non-hydrogen) atoms. The van der Waals surface area contributed by atoms with Gasteiger partial charge in [0.1, 0.15) is 11.5 Å². The first-order chi connectivity index (χ1) is 8.97. The van der Waals surface area contributed by atoms with Crippen LogP contribution in [0.3, 0.4) is 0 Å². The predicted molar refractivity (Wildman–Crippen MR) is 73.2 cm³/mol. The third-order valence-corrected chi connectivity index (χ3v) is 4.16. The van der Waals surface area contributed by atoms with E-state index in [-0.39, 0.29) is 29.0 Å². The van der Waals surface area contributed by atoms with Gasteiger partial charge in [-0.2, -0.15) is 0 Å². The number of hydrogen-bond acceptors (Lipinski definition) is 3. The van der Waals surface area contributed by atoms with Crippen LogP contribution in [0.25, 0.3) is 0 Å². The van der Waals surface area contributed by atoms with Gasteiger partial charge in [-0.05, 0) is 49.3 Å². The summed E-state index contributed by atoms with van der Waals surface area (Å²) in [6.45, 7) is 4.44. The molecule has 3 unspecified atom stereocenters. The Bertz CT molecular complexity index is 472. The largest absolute Gasteiger partial charge is 0.508 e. The Labute approximate surface area is 113 Å². The van der Waals surface area contributed by atoms with Gasteiger partial charge in [0.25, 0.3) is 5.91 Å². The molecule has 0 bridgehead atoms. The lowest BCUT2D eigenvalue weighted by Gasteiger charge is -2.32. The smallest absolute Gasteiger partial charge is 0.255 e. The first-order valence-electron chi connectivity index (χ1n) is 6.80. The molecule has 0 aliphatic heterocycles. The molecule has 1 aromatic carbocycles. The molecule has 4 heteroatoms. The van der Waals surface area contributed by atoms with E-state index < -0.39 is 0 Å².